The molecular weight excluding hydrogens is 338 g/mol. The lowest BCUT2D eigenvalue weighted by Gasteiger charge is -2.17. The number of hydrogen-bond donors (Lipinski definition) is 2. The van der Waals surface area contributed by atoms with Crippen molar-refractivity contribution >= 4 is 23.5 Å². The highest BCUT2D eigenvalue weighted by atomic mass is 35.5. The highest BCUT2D eigenvalue weighted by molar-refractivity contribution is 6.30. The Morgan fingerprint density at radius 2 is 1.88 bits per heavy atom. The van der Waals surface area contributed by atoms with Crippen LogP contribution < -0.4 is 10.6 Å². The molecular formula is C19H20ClN3O2. The SMILES string of the molecule is O=C(NCc1cccc(Cl)c1)NC1CC(=O)N(Cc2ccccc2)C1. The molecule has 5 nitrogen and oxygen atoms in total. The van der Waals surface area contributed by atoms with Crippen LogP contribution in [0.5, 0.6) is 0 Å². The lowest BCUT2D eigenvalue weighted by atomic mass is 10.2. The van der Waals surface area contributed by atoms with E-state index in [-0.39, 0.29) is 18.0 Å². The summed E-state index contributed by atoms with van der Waals surface area (Å²) in [6.07, 6.45) is 0.331. The number of amides is 3. The Labute approximate surface area is 152 Å². The van der Waals surface area contributed by atoms with Gasteiger partial charge in [-0.2, -0.15) is 0 Å². The minimum absolute atomic E-state index is 0.0593. The van der Waals surface area contributed by atoms with E-state index in [1.807, 2.05) is 48.5 Å². The molecule has 1 aliphatic heterocycles. The van der Waals surface area contributed by atoms with E-state index >= 15 is 0 Å². The second-order valence-electron chi connectivity index (χ2n) is 6.12. The van der Waals surface area contributed by atoms with Gasteiger partial charge >= 0.3 is 6.03 Å². The van der Waals surface area contributed by atoms with Gasteiger partial charge in [0.2, 0.25) is 5.91 Å². The van der Waals surface area contributed by atoms with E-state index in [1.54, 1.807) is 11.0 Å². The van der Waals surface area contributed by atoms with Crippen molar-refractivity contribution in [2.45, 2.75) is 25.6 Å². The fourth-order valence-electron chi connectivity index (χ4n) is 2.89. The summed E-state index contributed by atoms with van der Waals surface area (Å²) in [6, 6.07) is 16.7. The lowest BCUT2D eigenvalue weighted by molar-refractivity contribution is -0.128. The second-order valence-corrected chi connectivity index (χ2v) is 6.55. The van der Waals surface area contributed by atoms with Crippen LogP contribution in [0.2, 0.25) is 5.02 Å². The molecule has 1 heterocycles. The van der Waals surface area contributed by atoms with Crippen molar-refractivity contribution < 1.29 is 9.59 Å². The Kier molecular flexibility index (Phi) is 5.56. The molecule has 0 aromatic heterocycles. The second kappa shape index (κ2) is 8.03. The molecule has 0 saturated carbocycles. The van der Waals surface area contributed by atoms with Crippen molar-refractivity contribution in [1.82, 2.24) is 15.5 Å². The van der Waals surface area contributed by atoms with Crippen molar-refractivity contribution in [3.8, 4) is 0 Å². The molecule has 3 amide bonds. The number of urea groups is 1. The van der Waals surface area contributed by atoms with E-state index in [9.17, 15) is 9.59 Å². The van der Waals surface area contributed by atoms with Gasteiger partial charge in [-0.05, 0) is 23.3 Å². The minimum Gasteiger partial charge on any atom is -0.336 e. The molecule has 25 heavy (non-hydrogen) atoms. The van der Waals surface area contributed by atoms with E-state index < -0.39 is 0 Å². The average Bonchev–Trinajstić information content (AvgIpc) is 2.93. The molecule has 0 radical (unpaired) electrons. The van der Waals surface area contributed by atoms with Gasteiger partial charge in [-0.15, -0.1) is 0 Å². The van der Waals surface area contributed by atoms with Gasteiger partial charge in [-0.3, -0.25) is 4.79 Å². The van der Waals surface area contributed by atoms with E-state index in [4.69, 9.17) is 11.6 Å². The number of carbonyl (C=O) groups is 2. The zero-order valence-electron chi connectivity index (χ0n) is 13.7. The minimum atomic E-state index is -0.278. The first kappa shape index (κ1) is 17.3. The molecule has 3 rings (SSSR count). The first-order valence-electron chi connectivity index (χ1n) is 8.20. The molecule has 1 aliphatic rings. The van der Waals surface area contributed by atoms with Gasteiger partial charge in [0.15, 0.2) is 0 Å². The predicted molar refractivity (Wildman–Crippen MR) is 97.1 cm³/mol. The van der Waals surface area contributed by atoms with Gasteiger partial charge in [0.25, 0.3) is 0 Å². The normalized spacial score (nSPS) is 16.8. The number of halogens is 1. The summed E-state index contributed by atoms with van der Waals surface area (Å²) in [5, 5.41) is 6.30. The Balaban J connectivity index is 1.47. The third kappa shape index (κ3) is 4.97. The Morgan fingerprint density at radius 1 is 1.12 bits per heavy atom. The molecule has 1 saturated heterocycles. The molecule has 1 unspecified atom stereocenters. The number of carbonyl (C=O) groups excluding carboxylic acids is 2. The average molecular weight is 358 g/mol. The van der Waals surface area contributed by atoms with E-state index in [0.29, 0.717) is 31.1 Å². The zero-order chi connectivity index (χ0) is 17.6. The van der Waals surface area contributed by atoms with Gasteiger partial charge in [0.05, 0.1) is 6.04 Å². The maximum absolute atomic E-state index is 12.1. The topological polar surface area (TPSA) is 61.4 Å². The van der Waals surface area contributed by atoms with Crippen molar-refractivity contribution in [2.75, 3.05) is 6.54 Å². The van der Waals surface area contributed by atoms with Crippen LogP contribution in [0.25, 0.3) is 0 Å². The van der Waals surface area contributed by atoms with Crippen LogP contribution in [0.15, 0.2) is 54.6 Å². The monoisotopic (exact) mass is 357 g/mol. The smallest absolute Gasteiger partial charge is 0.315 e. The fourth-order valence-corrected chi connectivity index (χ4v) is 3.10. The summed E-state index contributed by atoms with van der Waals surface area (Å²) in [5.74, 6) is 0.0593. The van der Waals surface area contributed by atoms with Crippen molar-refractivity contribution in [3.05, 3.63) is 70.7 Å². The van der Waals surface area contributed by atoms with Gasteiger partial charge in [-0.1, -0.05) is 54.1 Å². The van der Waals surface area contributed by atoms with E-state index in [2.05, 4.69) is 10.6 Å². The first-order valence-corrected chi connectivity index (χ1v) is 8.58. The number of nitrogens with zero attached hydrogens (tertiary/aromatic N) is 1. The molecule has 130 valence electrons. The van der Waals surface area contributed by atoms with Gasteiger partial charge in [-0.25, -0.2) is 4.79 Å². The quantitative estimate of drug-likeness (QED) is 0.864. The Hall–Kier alpha value is -2.53. The van der Waals surface area contributed by atoms with E-state index in [0.717, 1.165) is 11.1 Å². The summed E-state index contributed by atoms with van der Waals surface area (Å²) >= 11 is 5.92. The molecule has 0 spiro atoms. The number of rotatable bonds is 5. The molecule has 1 fully saturated rings. The van der Waals surface area contributed by atoms with Crippen LogP contribution in [0.1, 0.15) is 17.5 Å². The zero-order valence-corrected chi connectivity index (χ0v) is 14.5. The van der Waals surface area contributed by atoms with Crippen LogP contribution in [0, 0.1) is 0 Å². The maximum atomic E-state index is 12.1. The van der Waals surface area contributed by atoms with Crippen LogP contribution >= 0.6 is 11.6 Å². The number of likely N-dealkylation sites (tertiary alicyclic amines) is 1. The molecule has 0 aliphatic carbocycles. The predicted octanol–water partition coefficient (Wildman–Crippen LogP) is 2.94. The van der Waals surface area contributed by atoms with Crippen LogP contribution in [-0.2, 0) is 17.9 Å². The largest absolute Gasteiger partial charge is 0.336 e. The molecule has 6 heteroatoms. The third-order valence-corrected chi connectivity index (χ3v) is 4.34. The summed E-state index contributed by atoms with van der Waals surface area (Å²) in [7, 11) is 0. The van der Waals surface area contributed by atoms with Crippen molar-refractivity contribution in [3.63, 3.8) is 0 Å². The fraction of sp³-hybridized carbons (Fsp3) is 0.263. The molecule has 0 bridgehead atoms. The first-order chi connectivity index (χ1) is 12.1. The van der Waals surface area contributed by atoms with Crippen LogP contribution in [0.4, 0.5) is 4.79 Å². The van der Waals surface area contributed by atoms with Crippen molar-refractivity contribution in [1.29, 1.82) is 0 Å². The van der Waals surface area contributed by atoms with Gasteiger partial charge < -0.3 is 15.5 Å². The molecule has 2 aromatic carbocycles. The van der Waals surface area contributed by atoms with Crippen LogP contribution in [-0.4, -0.2) is 29.4 Å². The summed E-state index contributed by atoms with van der Waals surface area (Å²) < 4.78 is 0. The summed E-state index contributed by atoms with van der Waals surface area (Å²) in [6.45, 7) is 1.49. The lowest BCUT2D eigenvalue weighted by Crippen LogP contribution is -2.43. The third-order valence-electron chi connectivity index (χ3n) is 4.11. The van der Waals surface area contributed by atoms with Gasteiger partial charge in [0, 0.05) is 31.1 Å². The Bertz CT molecular complexity index is 751. The summed E-state index contributed by atoms with van der Waals surface area (Å²) in [5.41, 5.74) is 2.01. The standard InChI is InChI=1S/C19H20ClN3O2/c20-16-8-4-7-15(9-16)11-21-19(25)22-17-10-18(24)23(13-17)12-14-5-2-1-3-6-14/h1-9,17H,10-13H2,(H2,21,22,25). The number of hydrogen-bond acceptors (Lipinski definition) is 2. The highest BCUT2D eigenvalue weighted by Gasteiger charge is 2.30. The Morgan fingerprint density at radius 3 is 2.64 bits per heavy atom. The molecule has 1 atom stereocenters. The van der Waals surface area contributed by atoms with Crippen molar-refractivity contribution in [2.24, 2.45) is 0 Å². The van der Waals surface area contributed by atoms with Gasteiger partial charge in [0.1, 0.15) is 0 Å². The molecule has 2 aromatic rings. The maximum Gasteiger partial charge on any atom is 0.315 e. The number of nitrogens with one attached hydrogen (secondary N) is 2. The van der Waals surface area contributed by atoms with E-state index in [1.165, 1.54) is 0 Å². The molecule has 2 N–H and O–H groups in total. The number of benzene rings is 2. The van der Waals surface area contributed by atoms with Crippen LogP contribution in [0.3, 0.4) is 0 Å². The summed E-state index contributed by atoms with van der Waals surface area (Å²) in [4.78, 5) is 25.9. The highest BCUT2D eigenvalue weighted by Crippen LogP contribution is 2.15.